The molecule has 0 fully saturated rings. The van der Waals surface area contributed by atoms with Gasteiger partial charge in [-0.15, -0.1) is 0 Å². The summed E-state index contributed by atoms with van der Waals surface area (Å²) in [6.45, 7) is 0. The zero-order valence-electron chi connectivity index (χ0n) is 9.21. The standard InChI is InChI=1S/C10H6Cl2N4O3/c11-5-1-2-6(16(17)18)7(3-5)19-10-8(13)9(12)14-4-15-10/h1-4H,13H2. The Balaban J connectivity index is 2.45. The Labute approximate surface area is 117 Å². The van der Waals surface area contributed by atoms with Crippen molar-refractivity contribution in [3.8, 4) is 11.6 Å². The average Bonchev–Trinajstić information content (AvgIpc) is 2.35. The van der Waals surface area contributed by atoms with Crippen LogP contribution in [0.2, 0.25) is 10.2 Å². The molecule has 0 aliphatic carbocycles. The van der Waals surface area contributed by atoms with Crippen molar-refractivity contribution in [1.29, 1.82) is 0 Å². The van der Waals surface area contributed by atoms with Gasteiger partial charge in [-0.05, 0) is 6.07 Å². The van der Waals surface area contributed by atoms with Crippen LogP contribution < -0.4 is 10.5 Å². The number of nitrogen functional groups attached to an aromatic ring is 1. The lowest BCUT2D eigenvalue weighted by atomic mass is 10.3. The van der Waals surface area contributed by atoms with Crippen molar-refractivity contribution < 1.29 is 9.66 Å². The van der Waals surface area contributed by atoms with Crippen molar-refractivity contribution in [2.45, 2.75) is 0 Å². The molecule has 19 heavy (non-hydrogen) atoms. The minimum absolute atomic E-state index is 0.00492. The molecule has 0 radical (unpaired) electrons. The topological polar surface area (TPSA) is 104 Å². The Hall–Kier alpha value is -2.12. The molecule has 0 spiro atoms. The minimum Gasteiger partial charge on any atom is -0.430 e. The zero-order chi connectivity index (χ0) is 14.0. The molecule has 2 N–H and O–H groups in total. The second-order valence-electron chi connectivity index (χ2n) is 3.35. The fourth-order valence-electron chi connectivity index (χ4n) is 1.27. The van der Waals surface area contributed by atoms with E-state index < -0.39 is 4.92 Å². The van der Waals surface area contributed by atoms with Crippen LogP contribution in [0.4, 0.5) is 11.4 Å². The number of nitro groups is 1. The van der Waals surface area contributed by atoms with Gasteiger partial charge in [-0.1, -0.05) is 23.2 Å². The summed E-state index contributed by atoms with van der Waals surface area (Å²) in [5, 5.41) is 11.1. The van der Waals surface area contributed by atoms with Crippen molar-refractivity contribution in [3.63, 3.8) is 0 Å². The number of anilines is 1. The van der Waals surface area contributed by atoms with E-state index in [1.54, 1.807) is 0 Å². The van der Waals surface area contributed by atoms with E-state index in [9.17, 15) is 10.1 Å². The molecule has 0 saturated heterocycles. The van der Waals surface area contributed by atoms with Crippen LogP contribution in [0, 0.1) is 10.1 Å². The Morgan fingerprint density at radius 3 is 2.74 bits per heavy atom. The van der Waals surface area contributed by atoms with E-state index in [-0.39, 0.29) is 33.2 Å². The van der Waals surface area contributed by atoms with Crippen LogP contribution in [-0.2, 0) is 0 Å². The molecule has 0 aliphatic rings. The first-order chi connectivity index (χ1) is 8.99. The first-order valence-corrected chi connectivity index (χ1v) is 5.62. The van der Waals surface area contributed by atoms with Gasteiger partial charge in [0.05, 0.1) is 4.92 Å². The summed E-state index contributed by atoms with van der Waals surface area (Å²) in [5.41, 5.74) is 5.33. The largest absolute Gasteiger partial charge is 0.430 e. The summed E-state index contributed by atoms with van der Waals surface area (Å²) in [5.74, 6) is -0.163. The third-order valence-corrected chi connectivity index (χ3v) is 2.66. The predicted octanol–water partition coefficient (Wildman–Crippen LogP) is 3.07. The lowest BCUT2D eigenvalue weighted by Crippen LogP contribution is -1.99. The maximum Gasteiger partial charge on any atom is 0.311 e. The number of nitro benzene ring substituents is 1. The maximum absolute atomic E-state index is 10.9. The summed E-state index contributed by atoms with van der Waals surface area (Å²) in [6.07, 6.45) is 1.13. The summed E-state index contributed by atoms with van der Waals surface area (Å²) in [4.78, 5) is 17.7. The molecular weight excluding hydrogens is 295 g/mol. The molecule has 0 saturated carbocycles. The average molecular weight is 301 g/mol. The monoisotopic (exact) mass is 300 g/mol. The normalized spacial score (nSPS) is 10.2. The van der Waals surface area contributed by atoms with Gasteiger partial charge in [-0.2, -0.15) is 4.98 Å². The number of benzene rings is 1. The lowest BCUT2D eigenvalue weighted by Gasteiger charge is -2.08. The van der Waals surface area contributed by atoms with Crippen LogP contribution in [0.15, 0.2) is 24.5 Å². The predicted molar refractivity (Wildman–Crippen MR) is 69.6 cm³/mol. The van der Waals surface area contributed by atoms with Gasteiger partial charge in [-0.3, -0.25) is 10.1 Å². The highest BCUT2D eigenvalue weighted by atomic mass is 35.5. The summed E-state index contributed by atoms with van der Waals surface area (Å²) >= 11 is 11.5. The molecule has 0 aliphatic heterocycles. The van der Waals surface area contributed by atoms with Crippen LogP contribution in [0.1, 0.15) is 0 Å². The molecule has 1 aromatic carbocycles. The molecular formula is C10H6Cl2N4O3. The first-order valence-electron chi connectivity index (χ1n) is 4.87. The molecule has 1 aromatic heterocycles. The summed E-state index contributed by atoms with van der Waals surface area (Å²) in [6, 6.07) is 3.88. The van der Waals surface area contributed by atoms with E-state index in [1.807, 2.05) is 0 Å². The SMILES string of the molecule is Nc1c(Cl)ncnc1Oc1cc(Cl)ccc1[N+](=O)[O-]. The quantitative estimate of drug-likeness (QED) is 0.530. The molecule has 0 amide bonds. The smallest absolute Gasteiger partial charge is 0.311 e. The van der Waals surface area contributed by atoms with Crippen LogP contribution in [-0.4, -0.2) is 14.9 Å². The number of hydrogen-bond acceptors (Lipinski definition) is 6. The molecule has 0 unspecified atom stereocenters. The Morgan fingerprint density at radius 2 is 2.05 bits per heavy atom. The highest BCUT2D eigenvalue weighted by molar-refractivity contribution is 6.32. The third kappa shape index (κ3) is 2.83. The highest BCUT2D eigenvalue weighted by Gasteiger charge is 2.18. The van der Waals surface area contributed by atoms with E-state index in [2.05, 4.69) is 9.97 Å². The van der Waals surface area contributed by atoms with Crippen molar-refractivity contribution in [2.24, 2.45) is 0 Å². The molecule has 2 rings (SSSR count). The fourth-order valence-corrected chi connectivity index (χ4v) is 1.55. The van der Waals surface area contributed by atoms with E-state index in [0.29, 0.717) is 0 Å². The molecule has 98 valence electrons. The molecule has 0 atom stereocenters. The number of aromatic nitrogens is 2. The van der Waals surface area contributed by atoms with Crippen molar-refractivity contribution in [2.75, 3.05) is 5.73 Å². The highest BCUT2D eigenvalue weighted by Crippen LogP contribution is 2.35. The van der Waals surface area contributed by atoms with Crippen molar-refractivity contribution in [3.05, 3.63) is 44.8 Å². The van der Waals surface area contributed by atoms with Gasteiger partial charge in [0.2, 0.25) is 11.6 Å². The number of halogens is 2. The second-order valence-corrected chi connectivity index (χ2v) is 4.15. The first kappa shape index (κ1) is 13.3. The fraction of sp³-hybridized carbons (Fsp3) is 0. The van der Waals surface area contributed by atoms with E-state index in [0.717, 1.165) is 6.33 Å². The maximum atomic E-state index is 10.9. The Bertz CT molecular complexity index is 651. The number of nitrogens with two attached hydrogens (primary N) is 1. The van der Waals surface area contributed by atoms with Gasteiger partial charge in [0.15, 0.2) is 5.15 Å². The number of rotatable bonds is 3. The van der Waals surface area contributed by atoms with Gasteiger partial charge in [0.25, 0.3) is 0 Å². The van der Waals surface area contributed by atoms with Crippen molar-refractivity contribution in [1.82, 2.24) is 9.97 Å². The zero-order valence-corrected chi connectivity index (χ0v) is 10.7. The van der Waals surface area contributed by atoms with Crippen molar-refractivity contribution >= 4 is 34.6 Å². The summed E-state index contributed by atoms with van der Waals surface area (Å²) < 4.78 is 5.28. The number of nitrogens with zero attached hydrogens (tertiary/aromatic N) is 3. The Morgan fingerprint density at radius 1 is 1.32 bits per heavy atom. The third-order valence-electron chi connectivity index (χ3n) is 2.12. The van der Waals surface area contributed by atoms with Gasteiger partial charge in [0, 0.05) is 17.2 Å². The molecule has 1 heterocycles. The lowest BCUT2D eigenvalue weighted by molar-refractivity contribution is -0.385. The van der Waals surface area contributed by atoms with E-state index in [1.165, 1.54) is 18.2 Å². The minimum atomic E-state index is -0.606. The Kier molecular flexibility index (Phi) is 3.68. The van der Waals surface area contributed by atoms with Crippen LogP contribution in [0.3, 0.4) is 0 Å². The van der Waals surface area contributed by atoms with Crippen LogP contribution >= 0.6 is 23.2 Å². The molecule has 0 bridgehead atoms. The van der Waals surface area contributed by atoms with Gasteiger partial charge in [0.1, 0.15) is 12.0 Å². The molecule has 2 aromatic rings. The van der Waals surface area contributed by atoms with Gasteiger partial charge >= 0.3 is 5.69 Å². The molecule has 9 heteroatoms. The van der Waals surface area contributed by atoms with Crippen LogP contribution in [0.25, 0.3) is 0 Å². The molecule has 7 nitrogen and oxygen atoms in total. The van der Waals surface area contributed by atoms with Gasteiger partial charge in [-0.25, -0.2) is 4.98 Å². The van der Waals surface area contributed by atoms with Crippen LogP contribution in [0.5, 0.6) is 11.6 Å². The number of hydrogen-bond donors (Lipinski definition) is 1. The number of ether oxygens (including phenoxy) is 1. The summed E-state index contributed by atoms with van der Waals surface area (Å²) in [7, 11) is 0. The second kappa shape index (κ2) is 5.25. The van der Waals surface area contributed by atoms with E-state index in [4.69, 9.17) is 33.7 Å². The van der Waals surface area contributed by atoms with E-state index >= 15 is 0 Å². The van der Waals surface area contributed by atoms with Gasteiger partial charge < -0.3 is 10.5 Å².